The van der Waals surface area contributed by atoms with Crippen molar-refractivity contribution in [2.24, 2.45) is 0 Å². The molecular weight excluding hydrogens is 260 g/mol. The van der Waals surface area contributed by atoms with E-state index in [0.717, 1.165) is 36.0 Å². The molecule has 0 saturated heterocycles. The maximum absolute atomic E-state index is 4.73. The van der Waals surface area contributed by atoms with Crippen molar-refractivity contribution in [1.29, 1.82) is 0 Å². The van der Waals surface area contributed by atoms with Crippen molar-refractivity contribution in [3.8, 4) is 0 Å². The zero-order chi connectivity index (χ0) is 14.7. The second-order valence-electron chi connectivity index (χ2n) is 5.77. The third-order valence-corrected chi connectivity index (χ3v) is 3.68. The number of nitrogens with one attached hydrogen (secondary N) is 1. The summed E-state index contributed by atoms with van der Waals surface area (Å²) in [5.41, 5.74) is 3.22. The number of rotatable bonds is 6. The van der Waals surface area contributed by atoms with Crippen molar-refractivity contribution < 1.29 is 0 Å². The van der Waals surface area contributed by atoms with Gasteiger partial charge in [0.25, 0.3) is 0 Å². The topological polar surface area (TPSA) is 41.0 Å². The zero-order valence-corrected chi connectivity index (χ0v) is 12.7. The molecule has 1 N–H and O–H groups in total. The van der Waals surface area contributed by atoms with E-state index in [0.29, 0.717) is 6.04 Å². The van der Waals surface area contributed by atoms with Crippen LogP contribution in [0.1, 0.15) is 29.9 Å². The predicted octanol–water partition coefficient (Wildman–Crippen LogP) is 2.67. The first-order valence-electron chi connectivity index (χ1n) is 7.54. The first-order chi connectivity index (χ1) is 10.2. The smallest absolute Gasteiger partial charge is 0.128 e. The maximum atomic E-state index is 4.73. The Labute approximate surface area is 126 Å². The summed E-state index contributed by atoms with van der Waals surface area (Å²) < 4.78 is 0. The normalized spacial score (nSPS) is 14.2. The van der Waals surface area contributed by atoms with Crippen molar-refractivity contribution in [3.63, 3.8) is 0 Å². The summed E-state index contributed by atoms with van der Waals surface area (Å²) in [6.07, 6.45) is 2.61. The highest BCUT2D eigenvalue weighted by molar-refractivity contribution is 5.38. The van der Waals surface area contributed by atoms with E-state index in [1.54, 1.807) is 0 Å². The lowest BCUT2D eigenvalue weighted by atomic mass is 10.3. The molecule has 4 heteroatoms. The molecule has 1 saturated carbocycles. The first kappa shape index (κ1) is 14.0. The molecule has 2 aromatic heterocycles. The van der Waals surface area contributed by atoms with E-state index < -0.39 is 0 Å². The number of anilines is 1. The number of aryl methyl sites for hydroxylation is 1. The van der Waals surface area contributed by atoms with Crippen LogP contribution >= 0.6 is 0 Å². The van der Waals surface area contributed by atoms with Crippen LogP contribution in [0.2, 0.25) is 0 Å². The average molecular weight is 282 g/mol. The second-order valence-corrected chi connectivity index (χ2v) is 5.77. The van der Waals surface area contributed by atoms with Gasteiger partial charge in [-0.15, -0.1) is 0 Å². The Kier molecular flexibility index (Phi) is 4.15. The van der Waals surface area contributed by atoms with E-state index >= 15 is 0 Å². The molecule has 1 fully saturated rings. The van der Waals surface area contributed by atoms with Gasteiger partial charge in [-0.3, -0.25) is 4.98 Å². The van der Waals surface area contributed by atoms with E-state index in [4.69, 9.17) is 4.98 Å². The molecule has 0 aromatic carbocycles. The Morgan fingerprint density at radius 2 is 1.86 bits per heavy atom. The number of hydrogen-bond donors (Lipinski definition) is 1. The van der Waals surface area contributed by atoms with Gasteiger partial charge in [-0.1, -0.05) is 12.1 Å². The summed E-state index contributed by atoms with van der Waals surface area (Å²) in [4.78, 5) is 11.4. The number of pyridine rings is 2. The minimum absolute atomic E-state index is 0.713. The van der Waals surface area contributed by atoms with Crippen LogP contribution in [0.25, 0.3) is 0 Å². The van der Waals surface area contributed by atoms with Gasteiger partial charge in [0.2, 0.25) is 0 Å². The molecule has 0 amide bonds. The Morgan fingerprint density at radius 3 is 2.62 bits per heavy atom. The van der Waals surface area contributed by atoms with Crippen LogP contribution in [-0.2, 0) is 13.1 Å². The van der Waals surface area contributed by atoms with E-state index in [1.807, 2.05) is 13.0 Å². The summed E-state index contributed by atoms with van der Waals surface area (Å²) in [5, 5.41) is 3.50. The van der Waals surface area contributed by atoms with Crippen LogP contribution < -0.4 is 10.2 Å². The molecule has 1 aliphatic rings. The van der Waals surface area contributed by atoms with Crippen molar-refractivity contribution in [2.45, 2.75) is 38.9 Å². The summed E-state index contributed by atoms with van der Waals surface area (Å²) in [5.74, 6) is 0.994. The quantitative estimate of drug-likeness (QED) is 0.884. The number of aromatic nitrogens is 2. The van der Waals surface area contributed by atoms with Gasteiger partial charge in [0.05, 0.1) is 17.9 Å². The standard InChI is InChI=1S/C17H22N4/c1-13-5-3-7-16(19-13)12-21(2)17-8-4-6-15(20-17)11-18-14-9-10-14/h3-8,14,18H,9-12H2,1-2H3. The first-order valence-corrected chi connectivity index (χ1v) is 7.54. The van der Waals surface area contributed by atoms with Crippen LogP contribution in [0.3, 0.4) is 0 Å². The highest BCUT2D eigenvalue weighted by atomic mass is 15.2. The fourth-order valence-electron chi connectivity index (χ4n) is 2.33. The van der Waals surface area contributed by atoms with Crippen LogP contribution in [0.4, 0.5) is 5.82 Å². The second kappa shape index (κ2) is 6.22. The largest absolute Gasteiger partial charge is 0.354 e. The third-order valence-electron chi connectivity index (χ3n) is 3.68. The van der Waals surface area contributed by atoms with E-state index in [2.05, 4.69) is 52.6 Å². The van der Waals surface area contributed by atoms with Crippen molar-refractivity contribution >= 4 is 5.82 Å². The Hall–Kier alpha value is -1.94. The van der Waals surface area contributed by atoms with Gasteiger partial charge >= 0.3 is 0 Å². The van der Waals surface area contributed by atoms with E-state index in [9.17, 15) is 0 Å². The van der Waals surface area contributed by atoms with E-state index in [1.165, 1.54) is 12.8 Å². The molecule has 0 radical (unpaired) electrons. The molecule has 0 aliphatic heterocycles. The lowest BCUT2D eigenvalue weighted by molar-refractivity contribution is 0.673. The molecule has 2 aromatic rings. The van der Waals surface area contributed by atoms with Crippen LogP contribution in [0.15, 0.2) is 36.4 Å². The van der Waals surface area contributed by atoms with Gasteiger partial charge in [-0.05, 0) is 44.0 Å². The maximum Gasteiger partial charge on any atom is 0.128 e. The van der Waals surface area contributed by atoms with Gasteiger partial charge in [-0.2, -0.15) is 0 Å². The lowest BCUT2D eigenvalue weighted by Gasteiger charge is -2.18. The lowest BCUT2D eigenvalue weighted by Crippen LogP contribution is -2.20. The van der Waals surface area contributed by atoms with Crippen molar-refractivity contribution in [2.75, 3.05) is 11.9 Å². The van der Waals surface area contributed by atoms with Gasteiger partial charge < -0.3 is 10.2 Å². The Balaban J connectivity index is 1.65. The SMILES string of the molecule is Cc1cccc(CN(C)c2cccc(CNC3CC3)n2)n1. The molecule has 0 unspecified atom stereocenters. The molecule has 0 spiro atoms. The predicted molar refractivity (Wildman–Crippen MR) is 85.2 cm³/mol. The van der Waals surface area contributed by atoms with Crippen LogP contribution in [0.5, 0.6) is 0 Å². The minimum Gasteiger partial charge on any atom is -0.354 e. The zero-order valence-electron chi connectivity index (χ0n) is 12.7. The fourth-order valence-corrected chi connectivity index (χ4v) is 2.33. The fraction of sp³-hybridized carbons (Fsp3) is 0.412. The molecule has 4 nitrogen and oxygen atoms in total. The molecule has 110 valence electrons. The molecule has 0 bridgehead atoms. The number of nitrogens with zero attached hydrogens (tertiary/aromatic N) is 3. The summed E-state index contributed by atoms with van der Waals surface area (Å²) in [7, 11) is 2.06. The van der Waals surface area contributed by atoms with E-state index in [-0.39, 0.29) is 0 Å². The summed E-state index contributed by atoms with van der Waals surface area (Å²) >= 11 is 0. The summed E-state index contributed by atoms with van der Waals surface area (Å²) in [6.45, 7) is 3.65. The minimum atomic E-state index is 0.713. The molecule has 2 heterocycles. The molecular formula is C17H22N4. The Morgan fingerprint density at radius 1 is 1.10 bits per heavy atom. The molecule has 0 atom stereocenters. The van der Waals surface area contributed by atoms with Crippen molar-refractivity contribution in [3.05, 3.63) is 53.5 Å². The molecule has 3 rings (SSSR count). The molecule has 21 heavy (non-hydrogen) atoms. The third kappa shape index (κ3) is 4.02. The highest BCUT2D eigenvalue weighted by Crippen LogP contribution is 2.19. The van der Waals surface area contributed by atoms with Gasteiger partial charge in [0.15, 0.2) is 0 Å². The number of hydrogen-bond acceptors (Lipinski definition) is 4. The van der Waals surface area contributed by atoms with Crippen molar-refractivity contribution in [1.82, 2.24) is 15.3 Å². The van der Waals surface area contributed by atoms with Gasteiger partial charge in [0.1, 0.15) is 5.82 Å². The monoisotopic (exact) mass is 282 g/mol. The van der Waals surface area contributed by atoms with Gasteiger partial charge in [-0.25, -0.2) is 4.98 Å². The van der Waals surface area contributed by atoms with Gasteiger partial charge in [0, 0.05) is 25.3 Å². The van der Waals surface area contributed by atoms with Crippen LogP contribution in [0, 0.1) is 6.92 Å². The van der Waals surface area contributed by atoms with Crippen LogP contribution in [-0.4, -0.2) is 23.1 Å². The average Bonchev–Trinajstić information content (AvgIpc) is 3.30. The molecule has 1 aliphatic carbocycles. The summed E-state index contributed by atoms with van der Waals surface area (Å²) in [6, 6.07) is 13.0. The Bertz CT molecular complexity index is 607. The highest BCUT2D eigenvalue weighted by Gasteiger charge is 2.20.